The number of carboxylic acid groups (broad SMARTS) is 1. The molecule has 0 heterocycles. The van der Waals surface area contributed by atoms with Crippen molar-refractivity contribution in [2.75, 3.05) is 6.54 Å². The summed E-state index contributed by atoms with van der Waals surface area (Å²) in [4.78, 5) is 35.9. The summed E-state index contributed by atoms with van der Waals surface area (Å²) in [5.74, 6) is -1.75. The van der Waals surface area contributed by atoms with Gasteiger partial charge in [-0.05, 0) is 36.1 Å². The lowest BCUT2D eigenvalue weighted by Gasteiger charge is -2.18. The second-order valence-corrected chi connectivity index (χ2v) is 6.90. The van der Waals surface area contributed by atoms with Crippen LogP contribution in [0.1, 0.15) is 49.4 Å². The van der Waals surface area contributed by atoms with Gasteiger partial charge in [0, 0.05) is 18.5 Å². The monoisotopic (exact) mass is 396 g/mol. The summed E-state index contributed by atoms with van der Waals surface area (Å²) in [7, 11) is 0. The highest BCUT2D eigenvalue weighted by Crippen LogP contribution is 2.19. The number of rotatable bonds is 11. The van der Waals surface area contributed by atoms with E-state index in [4.69, 9.17) is 5.11 Å². The van der Waals surface area contributed by atoms with E-state index < -0.39 is 17.9 Å². The van der Waals surface area contributed by atoms with Crippen molar-refractivity contribution in [1.82, 2.24) is 10.6 Å². The minimum Gasteiger partial charge on any atom is -0.481 e. The molecule has 0 saturated heterocycles. The van der Waals surface area contributed by atoms with Crippen LogP contribution in [0, 0.1) is 0 Å². The van der Waals surface area contributed by atoms with Gasteiger partial charge in [0.05, 0.1) is 0 Å². The maximum atomic E-state index is 12.6. The van der Waals surface area contributed by atoms with Crippen molar-refractivity contribution in [2.24, 2.45) is 0 Å². The average molecular weight is 396 g/mol. The van der Waals surface area contributed by atoms with Gasteiger partial charge in [-0.25, -0.2) is 0 Å². The Kier molecular flexibility index (Phi) is 8.89. The smallest absolute Gasteiger partial charge is 0.303 e. The van der Waals surface area contributed by atoms with Crippen LogP contribution in [0.4, 0.5) is 0 Å². The van der Waals surface area contributed by atoms with Crippen LogP contribution in [0.5, 0.6) is 0 Å². The molecule has 1 atom stereocenters. The highest BCUT2D eigenvalue weighted by atomic mass is 16.4. The first-order valence-corrected chi connectivity index (χ1v) is 9.97. The van der Waals surface area contributed by atoms with Crippen LogP contribution in [0.2, 0.25) is 0 Å². The molecule has 0 fully saturated rings. The fraction of sp³-hybridized carbons (Fsp3) is 0.348. The van der Waals surface area contributed by atoms with E-state index in [1.807, 2.05) is 42.5 Å². The summed E-state index contributed by atoms with van der Waals surface area (Å²) in [6.07, 6.45) is 2.74. The van der Waals surface area contributed by atoms with Gasteiger partial charge in [0.2, 0.25) is 5.91 Å². The number of carbonyl (C=O) groups excluding carboxylic acids is 2. The largest absolute Gasteiger partial charge is 0.481 e. The molecule has 0 aliphatic heterocycles. The Labute approximate surface area is 171 Å². The first-order chi connectivity index (χ1) is 14.0. The fourth-order valence-corrected chi connectivity index (χ4v) is 2.93. The number of nitrogens with one attached hydrogen (secondary N) is 2. The van der Waals surface area contributed by atoms with E-state index in [9.17, 15) is 14.4 Å². The number of hydrogen-bond donors (Lipinski definition) is 3. The van der Waals surface area contributed by atoms with Crippen LogP contribution in [-0.2, 0) is 9.59 Å². The molecule has 2 aromatic rings. The molecule has 0 aromatic heterocycles. The van der Waals surface area contributed by atoms with Crippen molar-refractivity contribution in [3.05, 3.63) is 60.2 Å². The average Bonchev–Trinajstić information content (AvgIpc) is 2.74. The van der Waals surface area contributed by atoms with Crippen molar-refractivity contribution in [3.8, 4) is 11.1 Å². The van der Waals surface area contributed by atoms with Crippen LogP contribution < -0.4 is 10.6 Å². The molecule has 0 aliphatic carbocycles. The topological polar surface area (TPSA) is 95.5 Å². The number of amides is 2. The summed E-state index contributed by atoms with van der Waals surface area (Å²) in [6.45, 7) is 2.58. The second-order valence-electron chi connectivity index (χ2n) is 6.90. The SMILES string of the molecule is CCCCCNC(=O)[C@H](CCC(=O)O)NC(=O)c1ccc(-c2ccccc2)cc1. The number of unbranched alkanes of at least 4 members (excludes halogenated alkanes) is 2. The molecule has 2 aromatic carbocycles. The van der Waals surface area contributed by atoms with Gasteiger partial charge in [-0.15, -0.1) is 0 Å². The molecule has 154 valence electrons. The molecular formula is C23H28N2O4. The lowest BCUT2D eigenvalue weighted by Crippen LogP contribution is -2.47. The quantitative estimate of drug-likeness (QED) is 0.506. The Morgan fingerprint density at radius 1 is 0.931 bits per heavy atom. The van der Waals surface area contributed by atoms with Gasteiger partial charge in [0.25, 0.3) is 5.91 Å². The third-order valence-corrected chi connectivity index (χ3v) is 4.60. The van der Waals surface area contributed by atoms with E-state index in [0.717, 1.165) is 30.4 Å². The summed E-state index contributed by atoms with van der Waals surface area (Å²) >= 11 is 0. The van der Waals surface area contributed by atoms with E-state index in [1.165, 1.54) is 0 Å². The Bertz CT molecular complexity index is 803. The Hall–Kier alpha value is -3.15. The Balaban J connectivity index is 2.01. The highest BCUT2D eigenvalue weighted by molar-refractivity contribution is 5.98. The number of aliphatic carboxylic acids is 1. The van der Waals surface area contributed by atoms with Gasteiger partial charge >= 0.3 is 5.97 Å². The molecule has 0 spiro atoms. The summed E-state index contributed by atoms with van der Waals surface area (Å²) in [5.41, 5.74) is 2.45. The minimum atomic E-state index is -1.00. The van der Waals surface area contributed by atoms with Crippen LogP contribution in [-0.4, -0.2) is 35.5 Å². The summed E-state index contributed by atoms with van der Waals surface area (Å²) in [6, 6.07) is 16.0. The molecule has 0 aliphatic rings. The van der Waals surface area contributed by atoms with Crippen molar-refractivity contribution in [3.63, 3.8) is 0 Å². The molecule has 0 unspecified atom stereocenters. The van der Waals surface area contributed by atoms with Crippen LogP contribution >= 0.6 is 0 Å². The summed E-state index contributed by atoms with van der Waals surface area (Å²) in [5, 5.41) is 14.4. The second kappa shape index (κ2) is 11.6. The van der Waals surface area contributed by atoms with Crippen LogP contribution in [0.25, 0.3) is 11.1 Å². The van der Waals surface area contributed by atoms with Crippen molar-refractivity contribution < 1.29 is 19.5 Å². The molecule has 0 bridgehead atoms. The van der Waals surface area contributed by atoms with E-state index in [1.54, 1.807) is 12.1 Å². The molecular weight excluding hydrogens is 368 g/mol. The Morgan fingerprint density at radius 3 is 2.21 bits per heavy atom. The number of hydrogen-bond acceptors (Lipinski definition) is 3. The first-order valence-electron chi connectivity index (χ1n) is 9.97. The van der Waals surface area contributed by atoms with E-state index in [2.05, 4.69) is 17.6 Å². The lowest BCUT2D eigenvalue weighted by atomic mass is 10.0. The third kappa shape index (κ3) is 7.41. The lowest BCUT2D eigenvalue weighted by molar-refractivity contribution is -0.137. The molecule has 6 nitrogen and oxygen atoms in total. The Morgan fingerprint density at radius 2 is 1.59 bits per heavy atom. The predicted octanol–water partition coefficient (Wildman–Crippen LogP) is 3.62. The van der Waals surface area contributed by atoms with Crippen molar-refractivity contribution in [2.45, 2.75) is 45.1 Å². The van der Waals surface area contributed by atoms with Crippen LogP contribution in [0.3, 0.4) is 0 Å². The zero-order valence-electron chi connectivity index (χ0n) is 16.7. The van der Waals surface area contributed by atoms with Gasteiger partial charge in [-0.1, -0.05) is 62.2 Å². The highest BCUT2D eigenvalue weighted by Gasteiger charge is 2.22. The maximum Gasteiger partial charge on any atom is 0.303 e. The zero-order chi connectivity index (χ0) is 21.1. The first kappa shape index (κ1) is 22.1. The number of carbonyl (C=O) groups is 3. The van der Waals surface area contributed by atoms with Crippen molar-refractivity contribution >= 4 is 17.8 Å². The molecule has 29 heavy (non-hydrogen) atoms. The molecule has 6 heteroatoms. The molecule has 0 saturated carbocycles. The van der Waals surface area contributed by atoms with E-state index in [-0.39, 0.29) is 18.7 Å². The predicted molar refractivity (Wildman–Crippen MR) is 113 cm³/mol. The van der Waals surface area contributed by atoms with E-state index in [0.29, 0.717) is 12.1 Å². The van der Waals surface area contributed by atoms with Crippen LogP contribution in [0.15, 0.2) is 54.6 Å². The van der Waals surface area contributed by atoms with E-state index >= 15 is 0 Å². The van der Waals surface area contributed by atoms with Gasteiger partial charge in [-0.3, -0.25) is 14.4 Å². The fourth-order valence-electron chi connectivity index (χ4n) is 2.93. The van der Waals surface area contributed by atoms with Gasteiger partial charge in [0.1, 0.15) is 6.04 Å². The van der Waals surface area contributed by atoms with Gasteiger partial charge < -0.3 is 15.7 Å². The van der Waals surface area contributed by atoms with Gasteiger partial charge in [-0.2, -0.15) is 0 Å². The molecule has 3 N–H and O–H groups in total. The number of benzene rings is 2. The standard InChI is InChI=1S/C23H28N2O4/c1-2-3-7-16-24-23(29)20(14-15-21(26)27)25-22(28)19-12-10-18(11-13-19)17-8-5-4-6-9-17/h4-6,8-13,20H,2-3,7,14-16H2,1H3,(H,24,29)(H,25,28)(H,26,27)/t20-/m0/s1. The normalized spacial score (nSPS) is 11.5. The third-order valence-electron chi connectivity index (χ3n) is 4.60. The molecule has 0 radical (unpaired) electrons. The van der Waals surface area contributed by atoms with Gasteiger partial charge in [0.15, 0.2) is 0 Å². The summed E-state index contributed by atoms with van der Waals surface area (Å²) < 4.78 is 0. The maximum absolute atomic E-state index is 12.6. The van der Waals surface area contributed by atoms with Crippen molar-refractivity contribution in [1.29, 1.82) is 0 Å². The molecule has 2 rings (SSSR count). The zero-order valence-corrected chi connectivity index (χ0v) is 16.7. The number of carboxylic acids is 1. The minimum absolute atomic E-state index is 0.0444. The molecule has 2 amide bonds.